The Bertz CT molecular complexity index is 1290. The van der Waals surface area contributed by atoms with Gasteiger partial charge in [-0.05, 0) is 30.0 Å². The van der Waals surface area contributed by atoms with E-state index in [-0.39, 0.29) is 5.69 Å². The minimum atomic E-state index is -0.0853. The first-order valence-electron chi connectivity index (χ1n) is 10.6. The summed E-state index contributed by atoms with van der Waals surface area (Å²) < 4.78 is 8.74. The number of rotatable bonds is 6. The zero-order valence-corrected chi connectivity index (χ0v) is 18.9. The third-order valence-electron chi connectivity index (χ3n) is 5.76. The van der Waals surface area contributed by atoms with E-state index in [1.165, 1.54) is 0 Å². The van der Waals surface area contributed by atoms with Gasteiger partial charge >= 0.3 is 5.69 Å². The summed E-state index contributed by atoms with van der Waals surface area (Å²) >= 11 is 1.66. The molecule has 1 fully saturated rings. The van der Waals surface area contributed by atoms with Crippen molar-refractivity contribution in [3.05, 3.63) is 52.0 Å². The van der Waals surface area contributed by atoms with Crippen molar-refractivity contribution in [2.75, 3.05) is 38.2 Å². The van der Waals surface area contributed by atoms with Crippen molar-refractivity contribution < 1.29 is 4.74 Å². The fraction of sp³-hybridized carbons (Fsp3) is 0.364. The topological polar surface area (TPSA) is 90.1 Å². The molecule has 166 valence electrons. The standard InChI is InChI=1S/C22H25N7O2S/c1-15-12-16(19-4-3-11-32-19)23-13-17(15)25-21-24-14-18-20(26-21)29(22(30)27(18)2)6-5-28-7-9-31-10-8-28/h3-4,11-14H,5-10H2,1-2H3,(H,24,25,26). The molecule has 0 radical (unpaired) electrons. The molecule has 0 bridgehead atoms. The summed E-state index contributed by atoms with van der Waals surface area (Å²) in [7, 11) is 1.75. The van der Waals surface area contributed by atoms with Gasteiger partial charge in [0.2, 0.25) is 5.95 Å². The van der Waals surface area contributed by atoms with Crippen LogP contribution in [0.5, 0.6) is 0 Å². The molecule has 1 aliphatic rings. The Balaban J connectivity index is 1.41. The van der Waals surface area contributed by atoms with Gasteiger partial charge in [0.1, 0.15) is 5.52 Å². The highest BCUT2D eigenvalue weighted by Crippen LogP contribution is 2.27. The van der Waals surface area contributed by atoms with Gasteiger partial charge in [0.15, 0.2) is 5.65 Å². The van der Waals surface area contributed by atoms with Gasteiger partial charge in [0.25, 0.3) is 0 Å². The molecule has 0 unspecified atom stereocenters. The summed E-state index contributed by atoms with van der Waals surface area (Å²) in [5.41, 5.74) is 4.08. The summed E-state index contributed by atoms with van der Waals surface area (Å²) in [4.78, 5) is 29.9. The highest BCUT2D eigenvalue weighted by atomic mass is 32.1. The molecule has 9 nitrogen and oxygen atoms in total. The van der Waals surface area contributed by atoms with E-state index < -0.39 is 0 Å². The maximum absolute atomic E-state index is 12.8. The van der Waals surface area contributed by atoms with Crippen molar-refractivity contribution in [3.63, 3.8) is 0 Å². The minimum Gasteiger partial charge on any atom is -0.379 e. The molecule has 5 heterocycles. The van der Waals surface area contributed by atoms with E-state index >= 15 is 0 Å². The lowest BCUT2D eigenvalue weighted by atomic mass is 10.2. The smallest absolute Gasteiger partial charge is 0.330 e. The number of ether oxygens (including phenoxy) is 1. The van der Waals surface area contributed by atoms with E-state index in [0.717, 1.165) is 54.7 Å². The van der Waals surface area contributed by atoms with E-state index in [4.69, 9.17) is 4.74 Å². The average molecular weight is 452 g/mol. The summed E-state index contributed by atoms with van der Waals surface area (Å²) in [5, 5.41) is 5.31. The van der Waals surface area contributed by atoms with Gasteiger partial charge in [0.05, 0.1) is 41.9 Å². The molecule has 0 atom stereocenters. The lowest BCUT2D eigenvalue weighted by Gasteiger charge is -2.26. The predicted molar refractivity (Wildman–Crippen MR) is 126 cm³/mol. The molecule has 0 aromatic carbocycles. The van der Waals surface area contributed by atoms with E-state index in [9.17, 15) is 4.79 Å². The Morgan fingerprint density at radius 2 is 2.03 bits per heavy atom. The van der Waals surface area contributed by atoms with Gasteiger partial charge in [-0.1, -0.05) is 6.07 Å². The monoisotopic (exact) mass is 451 g/mol. The maximum atomic E-state index is 12.8. The van der Waals surface area contributed by atoms with Gasteiger partial charge in [-0.25, -0.2) is 9.78 Å². The highest BCUT2D eigenvalue weighted by Gasteiger charge is 2.16. The Morgan fingerprint density at radius 1 is 1.19 bits per heavy atom. The van der Waals surface area contributed by atoms with Crippen LogP contribution < -0.4 is 11.0 Å². The van der Waals surface area contributed by atoms with Crippen molar-refractivity contribution in [2.45, 2.75) is 13.5 Å². The number of imidazole rings is 1. The number of nitrogens with one attached hydrogen (secondary N) is 1. The molecule has 4 aromatic rings. The van der Waals surface area contributed by atoms with Crippen LogP contribution in [0.4, 0.5) is 11.6 Å². The number of anilines is 2. The van der Waals surface area contributed by atoms with Crippen LogP contribution >= 0.6 is 11.3 Å². The first kappa shape index (κ1) is 20.8. The van der Waals surface area contributed by atoms with E-state index in [0.29, 0.717) is 23.7 Å². The highest BCUT2D eigenvalue weighted by molar-refractivity contribution is 7.13. The van der Waals surface area contributed by atoms with Crippen LogP contribution in [0.25, 0.3) is 21.7 Å². The first-order valence-corrected chi connectivity index (χ1v) is 11.5. The molecular weight excluding hydrogens is 426 g/mol. The molecular formula is C22H25N7O2S. The number of hydrogen-bond acceptors (Lipinski definition) is 8. The van der Waals surface area contributed by atoms with Crippen LogP contribution in [-0.4, -0.2) is 61.8 Å². The summed E-state index contributed by atoms with van der Waals surface area (Å²) in [6.07, 6.45) is 3.49. The Labute approximate surface area is 189 Å². The Hall–Kier alpha value is -3.08. The van der Waals surface area contributed by atoms with Crippen molar-refractivity contribution in [3.8, 4) is 10.6 Å². The molecule has 0 spiro atoms. The zero-order valence-electron chi connectivity index (χ0n) is 18.1. The largest absolute Gasteiger partial charge is 0.379 e. The Morgan fingerprint density at radius 3 is 2.78 bits per heavy atom. The Kier molecular flexibility index (Phi) is 5.73. The summed E-state index contributed by atoms with van der Waals surface area (Å²) in [5.74, 6) is 0.442. The fourth-order valence-corrected chi connectivity index (χ4v) is 4.56. The second kappa shape index (κ2) is 8.81. The van der Waals surface area contributed by atoms with Crippen LogP contribution in [0.1, 0.15) is 5.56 Å². The first-order chi connectivity index (χ1) is 15.6. The number of pyridine rings is 1. The molecule has 0 amide bonds. The second-order valence-electron chi connectivity index (χ2n) is 7.84. The molecule has 10 heteroatoms. The SMILES string of the molecule is Cc1cc(-c2cccs2)ncc1Nc1ncc2c(n1)n(CCN1CCOCC1)c(=O)n2C. The predicted octanol–water partition coefficient (Wildman–Crippen LogP) is 2.64. The number of aromatic nitrogens is 5. The quantitative estimate of drug-likeness (QED) is 0.482. The number of thiophene rings is 1. The van der Waals surface area contributed by atoms with Crippen molar-refractivity contribution in [1.82, 2.24) is 29.0 Å². The number of aryl methyl sites for hydroxylation is 2. The van der Waals surface area contributed by atoms with E-state index in [1.54, 1.807) is 39.9 Å². The minimum absolute atomic E-state index is 0.0853. The van der Waals surface area contributed by atoms with Crippen molar-refractivity contribution >= 4 is 34.1 Å². The molecule has 1 saturated heterocycles. The molecule has 5 rings (SSSR count). The third kappa shape index (κ3) is 4.04. The number of hydrogen-bond donors (Lipinski definition) is 1. The number of nitrogens with zero attached hydrogens (tertiary/aromatic N) is 6. The van der Waals surface area contributed by atoms with Crippen molar-refractivity contribution in [1.29, 1.82) is 0 Å². The van der Waals surface area contributed by atoms with Crippen LogP contribution in [0.3, 0.4) is 0 Å². The van der Waals surface area contributed by atoms with Crippen LogP contribution in [0.2, 0.25) is 0 Å². The molecule has 0 saturated carbocycles. The molecule has 32 heavy (non-hydrogen) atoms. The number of morpholine rings is 1. The molecule has 0 aliphatic carbocycles. The van der Waals surface area contributed by atoms with Gasteiger partial charge < -0.3 is 10.1 Å². The van der Waals surface area contributed by atoms with Gasteiger partial charge in [-0.3, -0.25) is 19.0 Å². The van der Waals surface area contributed by atoms with Gasteiger partial charge in [-0.15, -0.1) is 11.3 Å². The van der Waals surface area contributed by atoms with Gasteiger partial charge in [0, 0.05) is 33.2 Å². The second-order valence-corrected chi connectivity index (χ2v) is 8.78. The third-order valence-corrected chi connectivity index (χ3v) is 6.65. The summed E-state index contributed by atoms with van der Waals surface area (Å²) in [6, 6.07) is 6.13. The molecule has 4 aromatic heterocycles. The maximum Gasteiger partial charge on any atom is 0.330 e. The van der Waals surface area contributed by atoms with Gasteiger partial charge in [-0.2, -0.15) is 4.98 Å². The number of fused-ring (bicyclic) bond motifs is 1. The van der Waals surface area contributed by atoms with Crippen molar-refractivity contribution in [2.24, 2.45) is 7.05 Å². The molecule has 1 aliphatic heterocycles. The molecule has 1 N–H and O–H groups in total. The summed E-state index contributed by atoms with van der Waals surface area (Å²) in [6.45, 7) is 6.62. The van der Waals surface area contributed by atoms with Crippen LogP contribution in [0, 0.1) is 6.92 Å². The zero-order chi connectivity index (χ0) is 22.1. The fourth-order valence-electron chi connectivity index (χ4n) is 3.87. The van der Waals surface area contributed by atoms with E-state index in [2.05, 4.69) is 31.2 Å². The average Bonchev–Trinajstić information content (AvgIpc) is 3.43. The normalized spacial score (nSPS) is 14.8. The lowest BCUT2D eigenvalue weighted by molar-refractivity contribution is 0.0364. The van der Waals surface area contributed by atoms with E-state index in [1.807, 2.05) is 24.4 Å². The van der Waals surface area contributed by atoms with Crippen LogP contribution in [0.15, 0.2) is 40.8 Å². The van der Waals surface area contributed by atoms with Crippen LogP contribution in [-0.2, 0) is 18.3 Å². The lowest BCUT2D eigenvalue weighted by Crippen LogP contribution is -2.39.